The van der Waals surface area contributed by atoms with Gasteiger partial charge in [0.15, 0.2) is 11.5 Å². The summed E-state index contributed by atoms with van der Waals surface area (Å²) in [5.41, 5.74) is 2.18. The van der Waals surface area contributed by atoms with Crippen molar-refractivity contribution in [2.75, 3.05) is 0 Å². The van der Waals surface area contributed by atoms with Crippen LogP contribution in [0.1, 0.15) is 25.5 Å². The highest BCUT2D eigenvalue weighted by Gasteiger charge is 2.12. The topological polar surface area (TPSA) is 34.4 Å². The molecular weight excluding hydrogens is 298 g/mol. The van der Waals surface area contributed by atoms with Gasteiger partial charge in [-0.2, -0.15) is 0 Å². The molecule has 4 heteroatoms. The van der Waals surface area contributed by atoms with E-state index in [1.807, 2.05) is 24.3 Å². The molecule has 3 rings (SSSR count). The molecule has 114 valence electrons. The average molecular weight is 316 g/mol. The molecule has 0 saturated carbocycles. The molecule has 0 aliphatic carbocycles. The molecule has 0 unspecified atom stereocenters. The van der Waals surface area contributed by atoms with Crippen molar-refractivity contribution in [2.24, 2.45) is 0 Å². The summed E-state index contributed by atoms with van der Waals surface area (Å²) in [5.74, 6) is 0.628. The maximum Gasteiger partial charge on any atom is 0.161 e. The lowest BCUT2D eigenvalue weighted by Crippen LogP contribution is -1.98. The van der Waals surface area contributed by atoms with Crippen LogP contribution in [0.15, 0.2) is 48.7 Å². The molecule has 0 aliphatic heterocycles. The van der Waals surface area contributed by atoms with Gasteiger partial charge in [-0.05, 0) is 44.2 Å². The van der Waals surface area contributed by atoms with E-state index >= 15 is 0 Å². The Morgan fingerprint density at radius 1 is 1.18 bits per heavy atom. The molecule has 0 fully saturated rings. The Morgan fingerprint density at radius 2 is 1.95 bits per heavy atom. The van der Waals surface area contributed by atoms with Crippen molar-refractivity contribution in [2.45, 2.75) is 26.5 Å². The average Bonchev–Trinajstić information content (AvgIpc) is 2.84. The minimum absolute atomic E-state index is 0.146. The third-order valence-corrected chi connectivity index (χ3v) is 3.92. The summed E-state index contributed by atoms with van der Waals surface area (Å²) in [6.07, 6.45) is 2.09. The first-order chi connectivity index (χ1) is 10.6. The van der Waals surface area contributed by atoms with Crippen LogP contribution in [0.5, 0.6) is 11.5 Å². The van der Waals surface area contributed by atoms with Crippen molar-refractivity contribution in [3.63, 3.8) is 0 Å². The van der Waals surface area contributed by atoms with Gasteiger partial charge in [0.1, 0.15) is 6.61 Å². The van der Waals surface area contributed by atoms with Crippen LogP contribution < -0.4 is 4.74 Å². The van der Waals surface area contributed by atoms with E-state index in [9.17, 15) is 5.11 Å². The third kappa shape index (κ3) is 2.77. The van der Waals surface area contributed by atoms with Crippen molar-refractivity contribution in [1.29, 1.82) is 0 Å². The fourth-order valence-corrected chi connectivity index (χ4v) is 2.75. The second kappa shape index (κ2) is 5.93. The Morgan fingerprint density at radius 3 is 2.68 bits per heavy atom. The number of halogens is 1. The molecule has 0 radical (unpaired) electrons. The molecule has 2 aromatic carbocycles. The molecule has 0 atom stereocenters. The maximum absolute atomic E-state index is 9.79. The van der Waals surface area contributed by atoms with E-state index < -0.39 is 0 Å². The quantitative estimate of drug-likeness (QED) is 0.721. The Hall–Kier alpha value is -2.13. The van der Waals surface area contributed by atoms with Gasteiger partial charge in [0.05, 0.1) is 0 Å². The van der Waals surface area contributed by atoms with E-state index in [4.69, 9.17) is 16.3 Å². The van der Waals surface area contributed by atoms with Crippen molar-refractivity contribution >= 4 is 22.5 Å². The second-order valence-electron chi connectivity index (χ2n) is 5.57. The molecule has 0 bridgehead atoms. The van der Waals surface area contributed by atoms with Crippen LogP contribution >= 0.6 is 11.6 Å². The first-order valence-corrected chi connectivity index (χ1v) is 7.64. The number of phenols is 1. The standard InChI is InChI=1S/C18H18ClNO2/c1-12(2)20-10-13(15-9-14(19)7-8-16(15)20)11-22-18-6-4-3-5-17(18)21/h3-10,12,21H,11H2,1-2H3. The summed E-state index contributed by atoms with van der Waals surface area (Å²) in [4.78, 5) is 0. The van der Waals surface area contributed by atoms with Gasteiger partial charge in [0.25, 0.3) is 0 Å². The van der Waals surface area contributed by atoms with Crippen LogP contribution in [0.2, 0.25) is 5.02 Å². The minimum Gasteiger partial charge on any atom is -0.504 e. The van der Waals surface area contributed by atoms with Crippen LogP contribution in [0.25, 0.3) is 10.9 Å². The number of hydrogen-bond acceptors (Lipinski definition) is 2. The summed E-state index contributed by atoms with van der Waals surface area (Å²) in [6.45, 7) is 4.66. The van der Waals surface area contributed by atoms with E-state index in [1.54, 1.807) is 18.2 Å². The Bertz CT molecular complexity index is 808. The van der Waals surface area contributed by atoms with Gasteiger partial charge in [-0.1, -0.05) is 23.7 Å². The highest BCUT2D eigenvalue weighted by molar-refractivity contribution is 6.31. The van der Waals surface area contributed by atoms with E-state index in [2.05, 4.69) is 24.6 Å². The normalized spacial score (nSPS) is 11.3. The lowest BCUT2D eigenvalue weighted by atomic mass is 10.2. The van der Waals surface area contributed by atoms with E-state index in [1.165, 1.54) is 0 Å². The Labute approximate surface area is 134 Å². The van der Waals surface area contributed by atoms with Crippen LogP contribution in [0.4, 0.5) is 0 Å². The highest BCUT2D eigenvalue weighted by Crippen LogP contribution is 2.30. The SMILES string of the molecule is CC(C)n1cc(COc2ccccc2O)c2cc(Cl)ccc21. The van der Waals surface area contributed by atoms with Crippen LogP contribution in [-0.4, -0.2) is 9.67 Å². The Balaban J connectivity index is 1.96. The maximum atomic E-state index is 9.79. The van der Waals surface area contributed by atoms with E-state index in [0.717, 1.165) is 16.5 Å². The number of aromatic nitrogens is 1. The van der Waals surface area contributed by atoms with Crippen molar-refractivity contribution in [3.8, 4) is 11.5 Å². The second-order valence-corrected chi connectivity index (χ2v) is 6.01. The van der Waals surface area contributed by atoms with Gasteiger partial charge < -0.3 is 14.4 Å². The number of fused-ring (bicyclic) bond motifs is 1. The summed E-state index contributed by atoms with van der Waals surface area (Å²) in [6, 6.07) is 13.2. The molecule has 3 aromatic rings. The number of ether oxygens (including phenoxy) is 1. The molecule has 0 amide bonds. The van der Waals surface area contributed by atoms with Gasteiger partial charge in [0, 0.05) is 33.7 Å². The molecule has 1 aromatic heterocycles. The van der Waals surface area contributed by atoms with Crippen molar-refractivity contribution < 1.29 is 9.84 Å². The summed E-state index contributed by atoms with van der Waals surface area (Å²) < 4.78 is 7.96. The van der Waals surface area contributed by atoms with Crippen LogP contribution in [0.3, 0.4) is 0 Å². The fraction of sp³-hybridized carbons (Fsp3) is 0.222. The lowest BCUT2D eigenvalue weighted by Gasteiger charge is -2.08. The van der Waals surface area contributed by atoms with Crippen LogP contribution in [-0.2, 0) is 6.61 Å². The van der Waals surface area contributed by atoms with Crippen molar-refractivity contribution in [3.05, 3.63) is 59.2 Å². The number of para-hydroxylation sites is 2. The molecular formula is C18H18ClNO2. The van der Waals surface area contributed by atoms with E-state index in [0.29, 0.717) is 23.4 Å². The minimum atomic E-state index is 0.146. The third-order valence-electron chi connectivity index (χ3n) is 3.68. The zero-order chi connectivity index (χ0) is 15.7. The number of nitrogens with zero attached hydrogens (tertiary/aromatic N) is 1. The summed E-state index contributed by atoms with van der Waals surface area (Å²) >= 11 is 6.13. The van der Waals surface area contributed by atoms with Gasteiger partial charge in [-0.3, -0.25) is 0 Å². The van der Waals surface area contributed by atoms with Crippen molar-refractivity contribution in [1.82, 2.24) is 4.57 Å². The highest BCUT2D eigenvalue weighted by atomic mass is 35.5. The number of aromatic hydroxyl groups is 1. The molecule has 0 saturated heterocycles. The predicted octanol–water partition coefficient (Wildman–Crippen LogP) is 5.16. The molecule has 1 N–H and O–H groups in total. The largest absolute Gasteiger partial charge is 0.504 e. The number of hydrogen-bond donors (Lipinski definition) is 1. The Kier molecular flexibility index (Phi) is 3.99. The lowest BCUT2D eigenvalue weighted by molar-refractivity contribution is 0.290. The fourth-order valence-electron chi connectivity index (χ4n) is 2.57. The summed E-state index contributed by atoms with van der Waals surface area (Å²) in [5, 5.41) is 11.6. The van der Waals surface area contributed by atoms with Gasteiger partial charge in [-0.15, -0.1) is 0 Å². The zero-order valence-corrected chi connectivity index (χ0v) is 13.3. The monoisotopic (exact) mass is 315 g/mol. The first kappa shape index (κ1) is 14.8. The predicted molar refractivity (Wildman–Crippen MR) is 89.8 cm³/mol. The molecule has 0 spiro atoms. The smallest absolute Gasteiger partial charge is 0.161 e. The van der Waals surface area contributed by atoms with Gasteiger partial charge >= 0.3 is 0 Å². The zero-order valence-electron chi connectivity index (χ0n) is 12.6. The molecule has 22 heavy (non-hydrogen) atoms. The molecule has 0 aliphatic rings. The van der Waals surface area contributed by atoms with Crippen LogP contribution in [0, 0.1) is 0 Å². The molecule has 3 nitrogen and oxygen atoms in total. The molecule has 1 heterocycles. The first-order valence-electron chi connectivity index (χ1n) is 7.26. The van der Waals surface area contributed by atoms with Gasteiger partial charge in [-0.25, -0.2) is 0 Å². The van der Waals surface area contributed by atoms with E-state index in [-0.39, 0.29) is 5.75 Å². The number of rotatable bonds is 4. The number of benzene rings is 2. The number of phenolic OH excluding ortho intramolecular Hbond substituents is 1. The van der Waals surface area contributed by atoms with Gasteiger partial charge in [0.2, 0.25) is 0 Å². The summed E-state index contributed by atoms with van der Waals surface area (Å²) in [7, 11) is 0.